The van der Waals surface area contributed by atoms with Crippen LogP contribution in [-0.2, 0) is 11.3 Å². The van der Waals surface area contributed by atoms with Crippen LogP contribution >= 0.6 is 0 Å². The maximum absolute atomic E-state index is 6.33. The van der Waals surface area contributed by atoms with Gasteiger partial charge in [-0.1, -0.05) is 6.07 Å². The van der Waals surface area contributed by atoms with Gasteiger partial charge in [-0.3, -0.25) is 9.88 Å². The molecule has 3 saturated heterocycles. The van der Waals surface area contributed by atoms with E-state index in [0.29, 0.717) is 0 Å². The van der Waals surface area contributed by atoms with E-state index in [9.17, 15) is 0 Å². The second-order valence-corrected chi connectivity index (χ2v) is 7.82. The molecule has 23 heavy (non-hydrogen) atoms. The van der Waals surface area contributed by atoms with E-state index >= 15 is 0 Å². The summed E-state index contributed by atoms with van der Waals surface area (Å²) < 4.78 is 6.33. The highest BCUT2D eigenvalue weighted by Crippen LogP contribution is 2.37. The maximum atomic E-state index is 6.33. The van der Waals surface area contributed by atoms with E-state index in [1.54, 1.807) is 0 Å². The molecular formula is C19H29N3O. The smallest absolute Gasteiger partial charge is 0.0935 e. The summed E-state index contributed by atoms with van der Waals surface area (Å²) in [6, 6.07) is 6.30. The molecule has 1 aromatic rings. The summed E-state index contributed by atoms with van der Waals surface area (Å²) in [4.78, 5) is 9.71. The van der Waals surface area contributed by atoms with Gasteiger partial charge in [0.1, 0.15) is 0 Å². The average Bonchev–Trinajstić information content (AvgIpc) is 3.01. The molecule has 4 heteroatoms. The van der Waals surface area contributed by atoms with Crippen LogP contribution in [0.25, 0.3) is 0 Å². The van der Waals surface area contributed by atoms with E-state index in [0.717, 1.165) is 37.9 Å². The Bertz CT molecular complexity index is 525. The van der Waals surface area contributed by atoms with Gasteiger partial charge < -0.3 is 9.64 Å². The van der Waals surface area contributed by atoms with Crippen molar-refractivity contribution in [2.75, 3.05) is 39.3 Å². The molecule has 0 radical (unpaired) electrons. The van der Waals surface area contributed by atoms with Crippen molar-refractivity contribution in [1.29, 1.82) is 0 Å². The molecule has 3 aliphatic heterocycles. The van der Waals surface area contributed by atoms with Gasteiger partial charge in [0.05, 0.1) is 17.9 Å². The summed E-state index contributed by atoms with van der Waals surface area (Å²) in [5.41, 5.74) is 2.45. The predicted octanol–water partition coefficient (Wildman–Crippen LogP) is 2.47. The zero-order valence-electron chi connectivity index (χ0n) is 14.3. The van der Waals surface area contributed by atoms with E-state index in [1.165, 1.54) is 51.0 Å². The minimum atomic E-state index is 0.158. The molecule has 3 fully saturated rings. The molecule has 4 heterocycles. The number of likely N-dealkylation sites (tertiary alicyclic amines) is 2. The molecule has 4 nitrogen and oxygen atoms in total. The van der Waals surface area contributed by atoms with Crippen molar-refractivity contribution in [3.63, 3.8) is 0 Å². The molecule has 0 aliphatic carbocycles. The number of rotatable bonds is 4. The molecule has 1 aromatic heterocycles. The van der Waals surface area contributed by atoms with E-state index in [1.807, 2.05) is 0 Å². The number of hydrogen-bond donors (Lipinski definition) is 0. The van der Waals surface area contributed by atoms with Crippen LogP contribution in [0.3, 0.4) is 0 Å². The van der Waals surface area contributed by atoms with Gasteiger partial charge in [-0.25, -0.2) is 0 Å². The standard InChI is InChI=1S/C19H29N3O/c1-16-5-4-6-18(20-16)12-22-14-19(15-22)8-7-17(13-23-19)11-21-9-2-3-10-21/h4-6,17H,2-3,7-15H2,1H3. The predicted molar refractivity (Wildman–Crippen MR) is 91.3 cm³/mol. The third kappa shape index (κ3) is 3.59. The summed E-state index contributed by atoms with van der Waals surface area (Å²) in [5, 5.41) is 0. The van der Waals surface area contributed by atoms with Crippen LogP contribution in [0.2, 0.25) is 0 Å². The quantitative estimate of drug-likeness (QED) is 0.853. The first kappa shape index (κ1) is 15.6. The van der Waals surface area contributed by atoms with Gasteiger partial charge in [0.25, 0.3) is 0 Å². The molecule has 1 atom stereocenters. The largest absolute Gasteiger partial charge is 0.372 e. The Morgan fingerprint density at radius 3 is 2.74 bits per heavy atom. The maximum Gasteiger partial charge on any atom is 0.0935 e. The van der Waals surface area contributed by atoms with E-state index < -0.39 is 0 Å². The number of aromatic nitrogens is 1. The van der Waals surface area contributed by atoms with Gasteiger partial charge in [-0.15, -0.1) is 0 Å². The minimum Gasteiger partial charge on any atom is -0.372 e. The zero-order chi connectivity index (χ0) is 15.7. The van der Waals surface area contributed by atoms with Crippen molar-refractivity contribution in [1.82, 2.24) is 14.8 Å². The molecule has 0 aromatic carbocycles. The highest BCUT2D eigenvalue weighted by Gasteiger charge is 2.46. The molecule has 1 unspecified atom stereocenters. The van der Waals surface area contributed by atoms with Crippen LogP contribution in [0.15, 0.2) is 18.2 Å². The van der Waals surface area contributed by atoms with E-state index in [4.69, 9.17) is 4.74 Å². The lowest BCUT2D eigenvalue weighted by molar-refractivity contribution is -0.183. The molecule has 0 amide bonds. The molecule has 0 N–H and O–H groups in total. The third-order valence-electron chi connectivity index (χ3n) is 5.70. The SMILES string of the molecule is Cc1cccc(CN2CC3(CCC(CN4CCCC4)CO3)C2)n1. The fourth-order valence-corrected chi connectivity index (χ4v) is 4.44. The topological polar surface area (TPSA) is 28.6 Å². The summed E-state index contributed by atoms with van der Waals surface area (Å²) in [6.07, 6.45) is 5.36. The van der Waals surface area contributed by atoms with Crippen molar-refractivity contribution < 1.29 is 4.74 Å². The lowest BCUT2D eigenvalue weighted by atomic mass is 9.82. The monoisotopic (exact) mass is 315 g/mol. The van der Waals surface area contributed by atoms with Crippen LogP contribution in [0.5, 0.6) is 0 Å². The zero-order valence-corrected chi connectivity index (χ0v) is 14.3. The third-order valence-corrected chi connectivity index (χ3v) is 5.70. The van der Waals surface area contributed by atoms with Crippen LogP contribution in [0.4, 0.5) is 0 Å². The average molecular weight is 315 g/mol. The van der Waals surface area contributed by atoms with Crippen molar-refractivity contribution in [2.24, 2.45) is 5.92 Å². The van der Waals surface area contributed by atoms with Crippen molar-refractivity contribution in [3.8, 4) is 0 Å². The Morgan fingerprint density at radius 2 is 2.04 bits per heavy atom. The van der Waals surface area contributed by atoms with Crippen molar-refractivity contribution >= 4 is 0 Å². The Balaban J connectivity index is 1.22. The van der Waals surface area contributed by atoms with Crippen LogP contribution < -0.4 is 0 Å². The van der Waals surface area contributed by atoms with Crippen LogP contribution in [0.1, 0.15) is 37.1 Å². The number of pyridine rings is 1. The number of aryl methyl sites for hydroxylation is 1. The van der Waals surface area contributed by atoms with Crippen LogP contribution in [-0.4, -0.2) is 59.7 Å². The van der Waals surface area contributed by atoms with Crippen molar-refractivity contribution in [3.05, 3.63) is 29.6 Å². The van der Waals surface area contributed by atoms with Gasteiger partial charge in [0, 0.05) is 31.9 Å². The number of nitrogens with zero attached hydrogens (tertiary/aromatic N) is 3. The number of ether oxygens (including phenoxy) is 1. The second kappa shape index (κ2) is 6.50. The molecule has 0 bridgehead atoms. The van der Waals surface area contributed by atoms with Crippen molar-refractivity contribution in [2.45, 2.75) is 44.8 Å². The lowest BCUT2D eigenvalue weighted by Crippen LogP contribution is -2.64. The van der Waals surface area contributed by atoms with Gasteiger partial charge >= 0.3 is 0 Å². The highest BCUT2D eigenvalue weighted by molar-refractivity contribution is 5.11. The second-order valence-electron chi connectivity index (χ2n) is 7.82. The Kier molecular flexibility index (Phi) is 4.39. The highest BCUT2D eigenvalue weighted by atomic mass is 16.5. The molecule has 4 rings (SSSR count). The summed E-state index contributed by atoms with van der Waals surface area (Å²) in [7, 11) is 0. The Morgan fingerprint density at radius 1 is 1.22 bits per heavy atom. The van der Waals surface area contributed by atoms with Gasteiger partial charge in [0.15, 0.2) is 0 Å². The van der Waals surface area contributed by atoms with Gasteiger partial charge in [0.2, 0.25) is 0 Å². The van der Waals surface area contributed by atoms with Crippen LogP contribution in [0, 0.1) is 12.8 Å². The Hall–Kier alpha value is -0.970. The van der Waals surface area contributed by atoms with E-state index in [-0.39, 0.29) is 5.60 Å². The fraction of sp³-hybridized carbons (Fsp3) is 0.737. The first-order valence-electron chi connectivity index (χ1n) is 9.22. The fourth-order valence-electron chi connectivity index (χ4n) is 4.44. The van der Waals surface area contributed by atoms with Gasteiger partial charge in [-0.2, -0.15) is 0 Å². The lowest BCUT2D eigenvalue weighted by Gasteiger charge is -2.53. The first-order valence-corrected chi connectivity index (χ1v) is 9.22. The van der Waals surface area contributed by atoms with E-state index in [2.05, 4.69) is 39.9 Å². The summed E-state index contributed by atoms with van der Waals surface area (Å²) in [6.45, 7) is 10.0. The molecular weight excluding hydrogens is 286 g/mol. The first-order chi connectivity index (χ1) is 11.2. The minimum absolute atomic E-state index is 0.158. The molecule has 3 aliphatic rings. The Labute approximate surface area is 139 Å². The summed E-state index contributed by atoms with van der Waals surface area (Å²) in [5.74, 6) is 0.756. The molecule has 1 spiro atoms. The van der Waals surface area contributed by atoms with Gasteiger partial charge in [-0.05, 0) is 63.7 Å². The number of hydrogen-bond acceptors (Lipinski definition) is 4. The molecule has 0 saturated carbocycles. The normalized spacial score (nSPS) is 28.1. The summed E-state index contributed by atoms with van der Waals surface area (Å²) >= 11 is 0. The molecule has 126 valence electrons.